The first kappa shape index (κ1) is 12.3. The van der Waals surface area contributed by atoms with E-state index in [4.69, 9.17) is 0 Å². The molecule has 0 fully saturated rings. The van der Waals surface area contributed by atoms with E-state index in [1.165, 1.54) is 17.8 Å². The molecule has 18 heavy (non-hydrogen) atoms. The van der Waals surface area contributed by atoms with Gasteiger partial charge < -0.3 is 0 Å². The Morgan fingerprint density at radius 3 is 2.33 bits per heavy atom. The zero-order valence-electron chi connectivity index (χ0n) is 9.28. The van der Waals surface area contributed by atoms with Gasteiger partial charge >= 0.3 is 0 Å². The summed E-state index contributed by atoms with van der Waals surface area (Å²) in [7, 11) is 0. The van der Waals surface area contributed by atoms with E-state index in [1.54, 1.807) is 42.5 Å². The first-order chi connectivity index (χ1) is 8.70. The van der Waals surface area contributed by atoms with Gasteiger partial charge in [0.05, 0.1) is 9.82 Å². The fraction of sp³-hybridized carbons (Fsp3) is 0. The largest absolute Gasteiger partial charge is 0.298 e. The molecule has 4 nitrogen and oxygen atoms in total. The average Bonchev–Trinajstić information content (AvgIpc) is 2.40. The summed E-state index contributed by atoms with van der Waals surface area (Å²) in [5.74, 6) is 0. The van der Waals surface area contributed by atoms with Gasteiger partial charge in [0.1, 0.15) is 6.29 Å². The number of aldehydes is 1. The molecule has 90 valence electrons. The Labute approximate surface area is 108 Å². The summed E-state index contributed by atoms with van der Waals surface area (Å²) in [5.41, 5.74) is 0.670. The van der Waals surface area contributed by atoms with Crippen LogP contribution >= 0.6 is 11.8 Å². The first-order valence-corrected chi connectivity index (χ1v) is 5.99. The molecule has 0 aromatic heterocycles. The van der Waals surface area contributed by atoms with E-state index < -0.39 is 4.92 Å². The van der Waals surface area contributed by atoms with E-state index >= 15 is 0 Å². The van der Waals surface area contributed by atoms with Gasteiger partial charge in [-0.1, -0.05) is 36.0 Å². The van der Waals surface area contributed by atoms with E-state index in [2.05, 4.69) is 0 Å². The lowest BCUT2D eigenvalue weighted by molar-refractivity contribution is -0.387. The minimum Gasteiger partial charge on any atom is -0.298 e. The van der Waals surface area contributed by atoms with Crippen LogP contribution in [0.2, 0.25) is 0 Å². The number of nitro benzene ring substituents is 1. The Bertz CT molecular complexity index is 581. The highest BCUT2D eigenvalue weighted by molar-refractivity contribution is 7.99. The summed E-state index contributed by atoms with van der Waals surface area (Å²) in [6, 6.07) is 13.5. The van der Waals surface area contributed by atoms with Crippen LogP contribution in [0.5, 0.6) is 0 Å². The SMILES string of the molecule is O=Cc1ccc(Sc2ccccc2[N+](=O)[O-])cc1. The highest BCUT2D eigenvalue weighted by Crippen LogP contribution is 2.34. The Balaban J connectivity index is 2.28. The summed E-state index contributed by atoms with van der Waals surface area (Å²) in [6.07, 6.45) is 0.763. The second-order valence-corrected chi connectivity index (χ2v) is 4.63. The number of nitro groups is 1. The van der Waals surface area contributed by atoms with Gasteiger partial charge in [-0.3, -0.25) is 14.9 Å². The smallest absolute Gasteiger partial charge is 0.283 e. The molecule has 0 atom stereocenters. The molecule has 0 N–H and O–H groups in total. The quantitative estimate of drug-likeness (QED) is 0.478. The number of hydrogen-bond acceptors (Lipinski definition) is 4. The van der Waals surface area contributed by atoms with Gasteiger partial charge in [0.25, 0.3) is 5.69 Å². The minimum atomic E-state index is -0.401. The minimum absolute atomic E-state index is 0.0852. The molecule has 0 aliphatic carbocycles. The maximum absolute atomic E-state index is 10.9. The second-order valence-electron chi connectivity index (χ2n) is 3.51. The Morgan fingerprint density at radius 1 is 1.06 bits per heavy atom. The zero-order chi connectivity index (χ0) is 13.0. The fourth-order valence-corrected chi connectivity index (χ4v) is 2.36. The molecule has 0 amide bonds. The molecule has 2 aromatic carbocycles. The zero-order valence-corrected chi connectivity index (χ0v) is 10.1. The highest BCUT2D eigenvalue weighted by atomic mass is 32.2. The van der Waals surface area contributed by atoms with Crippen LogP contribution in [0.4, 0.5) is 5.69 Å². The van der Waals surface area contributed by atoms with Crippen molar-refractivity contribution in [3.63, 3.8) is 0 Å². The number of rotatable bonds is 4. The third-order valence-electron chi connectivity index (χ3n) is 2.31. The van der Waals surface area contributed by atoms with Crippen molar-refractivity contribution in [3.05, 3.63) is 64.2 Å². The summed E-state index contributed by atoms with van der Waals surface area (Å²) < 4.78 is 0. The molecule has 2 aromatic rings. The number of hydrogen-bond donors (Lipinski definition) is 0. The van der Waals surface area contributed by atoms with Crippen LogP contribution in [-0.2, 0) is 0 Å². The van der Waals surface area contributed by atoms with E-state index in [9.17, 15) is 14.9 Å². The molecule has 0 unspecified atom stereocenters. The summed E-state index contributed by atoms with van der Waals surface area (Å²) in [6.45, 7) is 0. The van der Waals surface area contributed by atoms with E-state index in [1.807, 2.05) is 0 Å². The van der Waals surface area contributed by atoms with Crippen molar-refractivity contribution >= 4 is 23.7 Å². The fourth-order valence-electron chi connectivity index (χ4n) is 1.44. The maximum Gasteiger partial charge on any atom is 0.283 e. The molecule has 2 rings (SSSR count). The van der Waals surface area contributed by atoms with Crippen LogP contribution in [-0.4, -0.2) is 11.2 Å². The summed E-state index contributed by atoms with van der Waals surface area (Å²) >= 11 is 1.30. The number of benzene rings is 2. The Hall–Kier alpha value is -2.14. The number of carbonyl (C=O) groups is 1. The molecule has 0 saturated carbocycles. The van der Waals surface area contributed by atoms with Crippen molar-refractivity contribution in [1.29, 1.82) is 0 Å². The van der Waals surface area contributed by atoms with Gasteiger partial charge in [0.2, 0.25) is 0 Å². The van der Waals surface area contributed by atoms with Crippen molar-refractivity contribution in [2.24, 2.45) is 0 Å². The van der Waals surface area contributed by atoms with Gasteiger partial charge in [-0.05, 0) is 18.2 Å². The predicted molar refractivity (Wildman–Crippen MR) is 69.0 cm³/mol. The maximum atomic E-state index is 10.9. The molecular formula is C13H9NO3S. The van der Waals surface area contributed by atoms with Crippen molar-refractivity contribution in [1.82, 2.24) is 0 Å². The molecule has 0 bridgehead atoms. The lowest BCUT2D eigenvalue weighted by Gasteiger charge is -2.02. The van der Waals surface area contributed by atoms with Crippen molar-refractivity contribution < 1.29 is 9.72 Å². The Morgan fingerprint density at radius 2 is 1.72 bits per heavy atom. The molecule has 0 spiro atoms. The molecule has 0 radical (unpaired) electrons. The van der Waals surface area contributed by atoms with Crippen molar-refractivity contribution in [3.8, 4) is 0 Å². The molecule has 0 heterocycles. The first-order valence-electron chi connectivity index (χ1n) is 5.17. The van der Waals surface area contributed by atoms with Gasteiger partial charge in [0.15, 0.2) is 0 Å². The normalized spacial score (nSPS) is 10.0. The summed E-state index contributed by atoms with van der Waals surface area (Å²) in [5, 5.41) is 10.9. The molecule has 5 heteroatoms. The van der Waals surface area contributed by atoms with E-state index in [0.717, 1.165) is 11.2 Å². The summed E-state index contributed by atoms with van der Waals surface area (Å²) in [4.78, 5) is 22.4. The third kappa shape index (κ3) is 2.75. The van der Waals surface area contributed by atoms with E-state index in [0.29, 0.717) is 10.5 Å². The monoisotopic (exact) mass is 259 g/mol. The van der Waals surface area contributed by atoms with Crippen LogP contribution in [0, 0.1) is 10.1 Å². The second kappa shape index (κ2) is 5.46. The number of nitrogens with zero attached hydrogens (tertiary/aromatic N) is 1. The van der Waals surface area contributed by atoms with Crippen molar-refractivity contribution in [2.45, 2.75) is 9.79 Å². The van der Waals surface area contributed by atoms with Crippen LogP contribution in [0.15, 0.2) is 58.3 Å². The molecule has 0 aliphatic rings. The van der Waals surface area contributed by atoms with Gasteiger partial charge in [-0.25, -0.2) is 0 Å². The average molecular weight is 259 g/mol. The van der Waals surface area contributed by atoms with Crippen LogP contribution < -0.4 is 0 Å². The van der Waals surface area contributed by atoms with Crippen LogP contribution in [0.3, 0.4) is 0 Å². The predicted octanol–water partition coefficient (Wildman–Crippen LogP) is 3.56. The van der Waals surface area contributed by atoms with Gasteiger partial charge in [-0.15, -0.1) is 0 Å². The molecular weight excluding hydrogens is 250 g/mol. The van der Waals surface area contributed by atoms with Crippen LogP contribution in [0.25, 0.3) is 0 Å². The molecule has 0 aliphatic heterocycles. The van der Waals surface area contributed by atoms with Gasteiger partial charge in [0, 0.05) is 16.5 Å². The Kier molecular flexibility index (Phi) is 3.74. The van der Waals surface area contributed by atoms with E-state index in [-0.39, 0.29) is 5.69 Å². The highest BCUT2D eigenvalue weighted by Gasteiger charge is 2.13. The topological polar surface area (TPSA) is 60.2 Å². The van der Waals surface area contributed by atoms with Crippen molar-refractivity contribution in [2.75, 3.05) is 0 Å². The lowest BCUT2D eigenvalue weighted by Crippen LogP contribution is -1.90. The van der Waals surface area contributed by atoms with Gasteiger partial charge in [-0.2, -0.15) is 0 Å². The third-order valence-corrected chi connectivity index (χ3v) is 3.38. The number of para-hydroxylation sites is 1. The lowest BCUT2D eigenvalue weighted by atomic mass is 10.2. The number of carbonyl (C=O) groups excluding carboxylic acids is 1. The standard InChI is InChI=1S/C13H9NO3S/c15-9-10-5-7-11(8-6-10)18-13-4-2-1-3-12(13)14(16)17/h1-9H. The van der Waals surface area contributed by atoms with Crippen LogP contribution in [0.1, 0.15) is 10.4 Å². The molecule has 0 saturated heterocycles.